The molecule has 0 radical (unpaired) electrons. The van der Waals surface area contributed by atoms with E-state index in [0.29, 0.717) is 6.61 Å². The van der Waals surface area contributed by atoms with Crippen molar-refractivity contribution < 1.29 is 14.3 Å². The highest BCUT2D eigenvalue weighted by Crippen LogP contribution is 2.38. The van der Waals surface area contributed by atoms with Crippen molar-refractivity contribution in [2.75, 3.05) is 17.2 Å². The van der Waals surface area contributed by atoms with Crippen molar-refractivity contribution in [3.8, 4) is 11.5 Å². The average molecular weight is 354 g/mol. The lowest BCUT2D eigenvalue weighted by Crippen LogP contribution is -2.32. The van der Waals surface area contributed by atoms with Crippen LogP contribution in [0.15, 0.2) is 36.4 Å². The number of carbonyl (C=O) groups is 1. The Balaban J connectivity index is 1.76. The van der Waals surface area contributed by atoms with Crippen LogP contribution in [0.1, 0.15) is 31.9 Å². The molecule has 0 spiro atoms. The van der Waals surface area contributed by atoms with Gasteiger partial charge >= 0.3 is 0 Å². The summed E-state index contributed by atoms with van der Waals surface area (Å²) in [6.07, 6.45) is 1.04. The summed E-state index contributed by atoms with van der Waals surface area (Å²) < 4.78 is 11.6. The fraction of sp³-hybridized carbons (Fsp3) is 0.381. The molecule has 0 saturated heterocycles. The minimum atomic E-state index is -0.425. The molecule has 2 aromatic rings. The van der Waals surface area contributed by atoms with Crippen molar-refractivity contribution in [2.24, 2.45) is 0 Å². The predicted molar refractivity (Wildman–Crippen MR) is 104 cm³/mol. The van der Waals surface area contributed by atoms with Crippen molar-refractivity contribution in [3.05, 3.63) is 47.5 Å². The van der Waals surface area contributed by atoms with Gasteiger partial charge < -0.3 is 20.1 Å². The van der Waals surface area contributed by atoms with Crippen LogP contribution in [0.5, 0.6) is 11.5 Å². The summed E-state index contributed by atoms with van der Waals surface area (Å²) in [6.45, 7) is 8.36. The number of rotatable bonds is 6. The minimum Gasteiger partial charge on any atom is -0.492 e. The molecule has 1 aliphatic rings. The molecular formula is C21H26N2O3. The number of para-hydroxylation sites is 1. The van der Waals surface area contributed by atoms with E-state index in [9.17, 15) is 4.79 Å². The first-order valence-corrected chi connectivity index (χ1v) is 9.07. The van der Waals surface area contributed by atoms with Crippen LogP contribution >= 0.6 is 0 Å². The molecule has 0 saturated carbocycles. The van der Waals surface area contributed by atoms with E-state index < -0.39 is 6.04 Å². The summed E-state index contributed by atoms with van der Waals surface area (Å²) in [4.78, 5) is 12.6. The summed E-state index contributed by atoms with van der Waals surface area (Å²) in [5, 5.41) is 6.23. The SMILES string of the molecule is CCOc1cc2c(cc1N[C@H](C)C(=O)Nc1ccccc1C)O[C@H](C)C2. The van der Waals surface area contributed by atoms with Gasteiger partial charge in [0, 0.05) is 23.7 Å². The van der Waals surface area contributed by atoms with Crippen LogP contribution in [-0.4, -0.2) is 24.7 Å². The highest BCUT2D eigenvalue weighted by Gasteiger charge is 2.23. The van der Waals surface area contributed by atoms with Gasteiger partial charge in [-0.15, -0.1) is 0 Å². The van der Waals surface area contributed by atoms with E-state index in [1.165, 1.54) is 0 Å². The van der Waals surface area contributed by atoms with Crippen LogP contribution in [0, 0.1) is 6.92 Å². The monoisotopic (exact) mass is 354 g/mol. The lowest BCUT2D eigenvalue weighted by atomic mass is 10.1. The van der Waals surface area contributed by atoms with Crippen LogP contribution in [0.25, 0.3) is 0 Å². The number of carbonyl (C=O) groups excluding carboxylic acids is 1. The topological polar surface area (TPSA) is 59.6 Å². The number of hydrogen-bond donors (Lipinski definition) is 2. The summed E-state index contributed by atoms with van der Waals surface area (Å²) >= 11 is 0. The molecule has 2 aromatic carbocycles. The van der Waals surface area contributed by atoms with E-state index in [2.05, 4.69) is 10.6 Å². The van der Waals surface area contributed by atoms with Gasteiger partial charge in [-0.05, 0) is 45.4 Å². The van der Waals surface area contributed by atoms with E-state index in [1.807, 2.05) is 64.1 Å². The van der Waals surface area contributed by atoms with Gasteiger partial charge in [-0.25, -0.2) is 0 Å². The summed E-state index contributed by atoms with van der Waals surface area (Å²) in [5.74, 6) is 1.51. The van der Waals surface area contributed by atoms with E-state index in [-0.39, 0.29) is 12.0 Å². The fourth-order valence-corrected chi connectivity index (χ4v) is 3.08. The maximum absolute atomic E-state index is 12.6. The van der Waals surface area contributed by atoms with Gasteiger partial charge in [0.2, 0.25) is 5.91 Å². The molecule has 0 fully saturated rings. The quantitative estimate of drug-likeness (QED) is 0.818. The first kappa shape index (κ1) is 18.1. The van der Waals surface area contributed by atoms with E-state index in [4.69, 9.17) is 9.47 Å². The first-order valence-electron chi connectivity index (χ1n) is 9.07. The highest BCUT2D eigenvalue weighted by molar-refractivity contribution is 5.97. The van der Waals surface area contributed by atoms with E-state index >= 15 is 0 Å². The highest BCUT2D eigenvalue weighted by atomic mass is 16.5. The van der Waals surface area contributed by atoms with E-state index in [1.54, 1.807) is 0 Å². The number of hydrogen-bond acceptors (Lipinski definition) is 4. The minimum absolute atomic E-state index is 0.100. The molecule has 1 heterocycles. The number of aryl methyl sites for hydroxylation is 1. The van der Waals surface area contributed by atoms with Gasteiger partial charge in [-0.1, -0.05) is 18.2 Å². The molecule has 2 N–H and O–H groups in total. The molecule has 0 aromatic heterocycles. The maximum Gasteiger partial charge on any atom is 0.246 e. The van der Waals surface area contributed by atoms with E-state index in [0.717, 1.165) is 40.4 Å². The number of fused-ring (bicyclic) bond motifs is 1. The van der Waals surface area contributed by atoms with Crippen LogP contribution in [0.3, 0.4) is 0 Å². The summed E-state index contributed by atoms with van der Waals surface area (Å²) in [7, 11) is 0. The van der Waals surface area contributed by atoms with Gasteiger partial charge in [0.1, 0.15) is 23.6 Å². The number of benzene rings is 2. The maximum atomic E-state index is 12.6. The van der Waals surface area contributed by atoms with Crippen LogP contribution in [-0.2, 0) is 11.2 Å². The zero-order valence-corrected chi connectivity index (χ0v) is 15.8. The van der Waals surface area contributed by atoms with Crippen molar-refractivity contribution in [1.29, 1.82) is 0 Å². The number of ether oxygens (including phenoxy) is 2. The third-order valence-corrected chi connectivity index (χ3v) is 4.47. The lowest BCUT2D eigenvalue weighted by Gasteiger charge is -2.19. The second kappa shape index (κ2) is 7.68. The second-order valence-corrected chi connectivity index (χ2v) is 6.69. The van der Waals surface area contributed by atoms with Crippen LogP contribution in [0.2, 0.25) is 0 Å². The zero-order valence-electron chi connectivity index (χ0n) is 15.8. The lowest BCUT2D eigenvalue weighted by molar-refractivity contribution is -0.116. The van der Waals surface area contributed by atoms with Crippen molar-refractivity contribution in [3.63, 3.8) is 0 Å². The molecule has 0 bridgehead atoms. The Morgan fingerprint density at radius 1 is 1.31 bits per heavy atom. The number of amides is 1. The molecule has 1 aliphatic heterocycles. The molecular weight excluding hydrogens is 328 g/mol. The van der Waals surface area contributed by atoms with Gasteiger partial charge in [-0.2, -0.15) is 0 Å². The number of anilines is 2. The van der Waals surface area contributed by atoms with Gasteiger partial charge in [0.15, 0.2) is 0 Å². The molecule has 3 rings (SSSR count). The third kappa shape index (κ3) is 3.93. The first-order chi connectivity index (χ1) is 12.5. The Morgan fingerprint density at radius 2 is 2.08 bits per heavy atom. The van der Waals surface area contributed by atoms with Crippen molar-refractivity contribution in [2.45, 2.75) is 46.3 Å². The molecule has 0 unspecified atom stereocenters. The largest absolute Gasteiger partial charge is 0.492 e. The molecule has 2 atom stereocenters. The number of nitrogens with one attached hydrogen (secondary N) is 2. The second-order valence-electron chi connectivity index (χ2n) is 6.69. The fourth-order valence-electron chi connectivity index (χ4n) is 3.08. The third-order valence-electron chi connectivity index (χ3n) is 4.47. The van der Waals surface area contributed by atoms with Crippen LogP contribution < -0.4 is 20.1 Å². The molecule has 26 heavy (non-hydrogen) atoms. The molecule has 138 valence electrons. The van der Waals surface area contributed by atoms with Crippen LogP contribution in [0.4, 0.5) is 11.4 Å². The summed E-state index contributed by atoms with van der Waals surface area (Å²) in [5.41, 5.74) is 3.76. The van der Waals surface area contributed by atoms with Crippen molar-refractivity contribution in [1.82, 2.24) is 0 Å². The Labute approximate surface area is 154 Å². The molecule has 5 heteroatoms. The standard InChI is InChI=1S/C21H26N2O3/c1-5-25-20-11-16-10-14(3)26-19(16)12-18(20)22-15(4)21(24)23-17-9-7-6-8-13(17)2/h6-9,11-12,14-15,22H,5,10H2,1-4H3,(H,23,24)/t14-,15-/m1/s1. The van der Waals surface area contributed by atoms with Gasteiger partial charge in [-0.3, -0.25) is 4.79 Å². The smallest absolute Gasteiger partial charge is 0.246 e. The Kier molecular flexibility index (Phi) is 5.35. The Bertz CT molecular complexity index is 804. The molecule has 5 nitrogen and oxygen atoms in total. The Morgan fingerprint density at radius 3 is 2.81 bits per heavy atom. The normalized spacial score (nSPS) is 16.4. The summed E-state index contributed by atoms with van der Waals surface area (Å²) in [6, 6.07) is 11.2. The average Bonchev–Trinajstić information content (AvgIpc) is 2.96. The van der Waals surface area contributed by atoms with Gasteiger partial charge in [0.25, 0.3) is 0 Å². The molecule has 1 amide bonds. The predicted octanol–water partition coefficient (Wildman–Crippen LogP) is 4.16. The van der Waals surface area contributed by atoms with Gasteiger partial charge in [0.05, 0.1) is 12.3 Å². The zero-order chi connectivity index (χ0) is 18.7. The van der Waals surface area contributed by atoms with Crippen molar-refractivity contribution >= 4 is 17.3 Å². The Hall–Kier alpha value is -2.69. The molecule has 0 aliphatic carbocycles.